The van der Waals surface area contributed by atoms with Gasteiger partial charge < -0.3 is 120 Å². The molecule has 440 valence electrons. The van der Waals surface area contributed by atoms with Crippen molar-refractivity contribution in [3.8, 4) is 0 Å². The average molecular weight is 1070 g/mol. The van der Waals surface area contributed by atoms with Crippen LogP contribution in [0.2, 0.25) is 0 Å². The lowest BCUT2D eigenvalue weighted by Gasteiger charge is -2.09. The first-order valence-corrected chi connectivity index (χ1v) is 26.1. The summed E-state index contributed by atoms with van der Waals surface area (Å²) < 4.78 is 126. The Labute approximate surface area is 436 Å². The van der Waals surface area contributed by atoms with Gasteiger partial charge in [-0.05, 0) is 0 Å². The molecule has 25 nitrogen and oxygen atoms in total. The molecule has 0 aromatic rings. The first-order valence-electron chi connectivity index (χ1n) is 26.1. The van der Waals surface area contributed by atoms with Gasteiger partial charge in [-0.2, -0.15) is 0 Å². The summed E-state index contributed by atoms with van der Waals surface area (Å²) >= 11 is 0. The molecule has 0 unspecified atom stereocenters. The molecule has 0 saturated carbocycles. The van der Waals surface area contributed by atoms with Gasteiger partial charge in [0.05, 0.1) is 304 Å². The van der Waals surface area contributed by atoms with E-state index in [1.54, 1.807) is 0 Å². The highest BCUT2D eigenvalue weighted by molar-refractivity contribution is 4.43. The van der Waals surface area contributed by atoms with Crippen LogP contribution in [0.15, 0.2) is 0 Å². The molecule has 0 amide bonds. The van der Waals surface area contributed by atoms with E-state index < -0.39 is 0 Å². The number of nitrogens with two attached hydrogens (primary N) is 2. The molecule has 0 aliphatic rings. The lowest BCUT2D eigenvalue weighted by molar-refractivity contribution is -0.0318. The van der Waals surface area contributed by atoms with E-state index in [0.717, 1.165) is 0 Å². The van der Waals surface area contributed by atoms with Crippen molar-refractivity contribution >= 4 is 0 Å². The fourth-order valence-electron chi connectivity index (χ4n) is 5.11. The molecule has 0 spiro atoms. The van der Waals surface area contributed by atoms with Crippen molar-refractivity contribution in [1.29, 1.82) is 0 Å². The second-order valence-electron chi connectivity index (χ2n) is 14.7. The molecule has 0 atom stereocenters. The predicted molar refractivity (Wildman–Crippen MR) is 267 cm³/mol. The molecule has 0 rings (SSSR count). The molecule has 73 heavy (non-hydrogen) atoms. The van der Waals surface area contributed by atoms with E-state index in [-0.39, 0.29) is 0 Å². The van der Waals surface area contributed by atoms with Gasteiger partial charge in [0.1, 0.15) is 0 Å². The third-order valence-electron chi connectivity index (χ3n) is 8.71. The molecular formula is C48H100N2O23. The fraction of sp³-hybridized carbons (Fsp3) is 1.00. The first kappa shape index (κ1) is 72.0. The quantitative estimate of drug-likeness (QED) is 0.0713. The second-order valence-corrected chi connectivity index (χ2v) is 14.7. The van der Waals surface area contributed by atoms with Crippen LogP contribution in [-0.4, -0.2) is 317 Å². The van der Waals surface area contributed by atoms with Crippen molar-refractivity contribution in [1.82, 2.24) is 0 Å². The summed E-state index contributed by atoms with van der Waals surface area (Å²) in [6.07, 6.45) is 0. The number of ether oxygens (including phenoxy) is 23. The van der Waals surface area contributed by atoms with Gasteiger partial charge in [0.15, 0.2) is 0 Å². The molecular weight excluding hydrogens is 973 g/mol. The molecule has 0 heterocycles. The van der Waals surface area contributed by atoms with Gasteiger partial charge in [0.25, 0.3) is 0 Å². The minimum atomic E-state index is 0.488. The molecule has 0 aromatic heterocycles. The van der Waals surface area contributed by atoms with Crippen LogP contribution in [0.4, 0.5) is 0 Å². The summed E-state index contributed by atoms with van der Waals surface area (Å²) in [4.78, 5) is 0. The topological polar surface area (TPSA) is 264 Å². The highest BCUT2D eigenvalue weighted by Crippen LogP contribution is 1.91. The molecule has 0 aliphatic heterocycles. The Morgan fingerprint density at radius 3 is 0.205 bits per heavy atom. The van der Waals surface area contributed by atoms with Crippen molar-refractivity contribution < 1.29 is 109 Å². The van der Waals surface area contributed by atoms with Crippen LogP contribution in [0.25, 0.3) is 0 Å². The fourth-order valence-corrected chi connectivity index (χ4v) is 5.11. The summed E-state index contributed by atoms with van der Waals surface area (Å²) in [6.45, 7) is 24.2. The van der Waals surface area contributed by atoms with Crippen LogP contribution in [0.3, 0.4) is 0 Å². The SMILES string of the molecule is NCCOCCOCCOCCOCCOCCOCCOCCOCCOCCOCCOCCOCCOCCOCCOCCOCCOCCOCCOCCOCCOCCOCCOCCN. The lowest BCUT2D eigenvalue weighted by Crippen LogP contribution is -2.16. The zero-order chi connectivity index (χ0) is 52.2. The minimum Gasteiger partial charge on any atom is -0.378 e. The van der Waals surface area contributed by atoms with Crippen LogP contribution in [0.5, 0.6) is 0 Å². The average Bonchev–Trinajstić information content (AvgIpc) is 3.40. The van der Waals surface area contributed by atoms with Gasteiger partial charge >= 0.3 is 0 Å². The Morgan fingerprint density at radius 2 is 0.151 bits per heavy atom. The van der Waals surface area contributed by atoms with Crippen molar-refractivity contribution in [2.45, 2.75) is 0 Å². The molecule has 4 N–H and O–H groups in total. The Morgan fingerprint density at radius 1 is 0.0959 bits per heavy atom. The molecule has 0 fully saturated rings. The molecule has 0 aromatic carbocycles. The normalized spacial score (nSPS) is 11.8. The van der Waals surface area contributed by atoms with E-state index in [0.29, 0.717) is 317 Å². The maximum atomic E-state index is 5.52. The lowest BCUT2D eigenvalue weighted by atomic mass is 10.6. The van der Waals surface area contributed by atoms with Gasteiger partial charge in [-0.1, -0.05) is 0 Å². The van der Waals surface area contributed by atoms with Crippen molar-refractivity contribution in [2.75, 3.05) is 317 Å². The Balaban J connectivity index is 3.07. The standard InChI is InChI=1S/C48H100N2O23/c49-1-3-51-5-7-53-9-11-55-13-15-57-17-19-59-21-23-61-25-27-63-29-31-65-33-35-67-37-39-69-41-43-71-45-47-73-48-46-72-44-42-70-40-38-68-36-34-66-32-30-64-28-26-62-24-22-60-20-18-58-16-14-56-12-10-54-8-6-52-4-2-50/h1-50H2. The van der Waals surface area contributed by atoms with Crippen LogP contribution < -0.4 is 11.5 Å². The summed E-state index contributed by atoms with van der Waals surface area (Å²) in [5, 5.41) is 0. The monoisotopic (exact) mass is 1070 g/mol. The van der Waals surface area contributed by atoms with Crippen LogP contribution >= 0.6 is 0 Å². The zero-order valence-corrected chi connectivity index (χ0v) is 44.5. The zero-order valence-electron chi connectivity index (χ0n) is 44.5. The van der Waals surface area contributed by atoms with Gasteiger partial charge in [0.2, 0.25) is 0 Å². The third kappa shape index (κ3) is 71.0. The van der Waals surface area contributed by atoms with Crippen LogP contribution in [0.1, 0.15) is 0 Å². The summed E-state index contributed by atoms with van der Waals surface area (Å²) in [5.41, 5.74) is 10.7. The van der Waals surface area contributed by atoms with E-state index in [1.807, 2.05) is 0 Å². The Hall–Kier alpha value is -1.00. The maximum absolute atomic E-state index is 5.52. The van der Waals surface area contributed by atoms with Gasteiger partial charge in [-0.25, -0.2) is 0 Å². The summed E-state index contributed by atoms with van der Waals surface area (Å²) in [5.74, 6) is 0. The van der Waals surface area contributed by atoms with Crippen molar-refractivity contribution in [2.24, 2.45) is 11.5 Å². The van der Waals surface area contributed by atoms with E-state index in [1.165, 1.54) is 0 Å². The minimum absolute atomic E-state index is 0.488. The Bertz CT molecular complexity index is 881. The van der Waals surface area contributed by atoms with E-state index >= 15 is 0 Å². The predicted octanol–water partition coefficient (Wildman–Crippen LogP) is -0.714. The number of hydrogen-bond donors (Lipinski definition) is 2. The molecule has 25 heteroatoms. The number of rotatable bonds is 70. The van der Waals surface area contributed by atoms with E-state index in [9.17, 15) is 0 Å². The van der Waals surface area contributed by atoms with Gasteiger partial charge in [0, 0.05) is 13.1 Å². The van der Waals surface area contributed by atoms with Gasteiger partial charge in [-0.3, -0.25) is 0 Å². The molecule has 0 aliphatic carbocycles. The second kappa shape index (κ2) is 71.0. The smallest absolute Gasteiger partial charge is 0.0701 e. The van der Waals surface area contributed by atoms with E-state index in [4.69, 9.17) is 120 Å². The Kier molecular flexibility index (Phi) is 70.0. The molecule has 0 bridgehead atoms. The van der Waals surface area contributed by atoms with Crippen LogP contribution in [0, 0.1) is 0 Å². The highest BCUT2D eigenvalue weighted by atomic mass is 16.6. The largest absolute Gasteiger partial charge is 0.378 e. The van der Waals surface area contributed by atoms with Crippen molar-refractivity contribution in [3.63, 3.8) is 0 Å². The maximum Gasteiger partial charge on any atom is 0.0701 e. The molecule has 0 radical (unpaired) electrons. The third-order valence-corrected chi connectivity index (χ3v) is 8.71. The summed E-state index contributed by atoms with van der Waals surface area (Å²) in [6, 6.07) is 0. The molecule has 0 saturated heterocycles. The highest BCUT2D eigenvalue weighted by Gasteiger charge is 2.00. The van der Waals surface area contributed by atoms with Gasteiger partial charge in [-0.15, -0.1) is 0 Å². The van der Waals surface area contributed by atoms with Crippen molar-refractivity contribution in [3.05, 3.63) is 0 Å². The first-order chi connectivity index (χ1) is 36.4. The van der Waals surface area contributed by atoms with Crippen LogP contribution in [-0.2, 0) is 109 Å². The number of hydrogen-bond acceptors (Lipinski definition) is 25. The van der Waals surface area contributed by atoms with E-state index in [2.05, 4.69) is 0 Å². The summed E-state index contributed by atoms with van der Waals surface area (Å²) in [7, 11) is 0.